The van der Waals surface area contributed by atoms with Gasteiger partial charge in [-0.15, -0.1) is 18.3 Å². The van der Waals surface area contributed by atoms with Crippen LogP contribution in [0.5, 0.6) is 5.75 Å². The molecule has 5 rings (SSSR count). The Hall–Kier alpha value is -4.10. The minimum atomic E-state index is -0.238. The fourth-order valence-electron chi connectivity index (χ4n) is 4.81. The molecule has 1 aliphatic carbocycles. The molecular weight excluding hydrogens is 506 g/mol. The van der Waals surface area contributed by atoms with Crippen LogP contribution in [0.4, 0.5) is 0 Å². The van der Waals surface area contributed by atoms with Crippen LogP contribution < -0.4 is 10.1 Å². The molecule has 198 valence electrons. The first kappa shape index (κ1) is 26.5. The molecule has 6 nitrogen and oxygen atoms in total. The molecule has 1 amide bonds. The number of amides is 1. The highest BCUT2D eigenvalue weighted by atomic mass is 32.2. The van der Waals surface area contributed by atoms with Gasteiger partial charge < -0.3 is 14.6 Å². The fourth-order valence-corrected chi connectivity index (χ4v) is 5.83. The lowest BCUT2D eigenvalue weighted by Gasteiger charge is -2.25. The molecule has 4 aromatic rings. The molecule has 0 radical (unpaired) electrons. The molecule has 0 fully saturated rings. The lowest BCUT2D eigenvalue weighted by Crippen LogP contribution is -2.23. The maximum atomic E-state index is 12.8. The highest BCUT2D eigenvalue weighted by Crippen LogP contribution is 2.38. The number of carbonyl (C=O) groups is 2. The van der Waals surface area contributed by atoms with Gasteiger partial charge >= 0.3 is 0 Å². The first-order chi connectivity index (χ1) is 19.1. The Labute approximate surface area is 233 Å². The summed E-state index contributed by atoms with van der Waals surface area (Å²) < 4.78 is 8.77. The predicted octanol–water partition coefficient (Wildman–Crippen LogP) is 6.43. The van der Waals surface area contributed by atoms with Crippen LogP contribution in [0.3, 0.4) is 0 Å². The van der Waals surface area contributed by atoms with E-state index in [1.807, 2.05) is 59.3 Å². The summed E-state index contributed by atoms with van der Waals surface area (Å²) >= 11 is 1.64. The number of carbonyl (C=O) groups excluding carboxylic acids is 2. The minimum Gasteiger partial charge on any atom is -0.484 e. The maximum absolute atomic E-state index is 12.8. The third kappa shape index (κ3) is 6.49. The summed E-state index contributed by atoms with van der Waals surface area (Å²) in [6.45, 7) is 4.68. The largest absolute Gasteiger partial charge is 0.484 e. The molecule has 0 saturated heterocycles. The van der Waals surface area contributed by atoms with Crippen LogP contribution in [0.25, 0.3) is 0 Å². The number of aromatic nitrogens is 2. The molecule has 7 heteroatoms. The van der Waals surface area contributed by atoms with E-state index in [2.05, 4.69) is 29.0 Å². The van der Waals surface area contributed by atoms with E-state index in [4.69, 9.17) is 4.74 Å². The van der Waals surface area contributed by atoms with Crippen molar-refractivity contribution in [1.29, 1.82) is 0 Å². The monoisotopic (exact) mass is 537 g/mol. The van der Waals surface area contributed by atoms with Crippen LogP contribution in [-0.4, -0.2) is 27.8 Å². The SMILES string of the molecule is C=CCNC(=O)c1cccc(SCc2c(OC(Cn3ccnc3)c3ccccc3)ccc3c2CCCC3=O)c1. The van der Waals surface area contributed by atoms with Gasteiger partial charge in [-0.1, -0.05) is 42.5 Å². The summed E-state index contributed by atoms with van der Waals surface area (Å²) in [7, 11) is 0. The Kier molecular flexibility index (Phi) is 8.58. The van der Waals surface area contributed by atoms with Gasteiger partial charge in [0.15, 0.2) is 5.78 Å². The van der Waals surface area contributed by atoms with Gasteiger partial charge in [-0.25, -0.2) is 4.98 Å². The number of rotatable bonds is 11. The van der Waals surface area contributed by atoms with Crippen molar-refractivity contribution in [3.05, 3.63) is 126 Å². The van der Waals surface area contributed by atoms with E-state index in [9.17, 15) is 9.59 Å². The number of ether oxygens (including phenoxy) is 1. The number of nitrogens with zero attached hydrogens (tertiary/aromatic N) is 2. The summed E-state index contributed by atoms with van der Waals surface area (Å²) in [6, 6.07) is 21.6. The van der Waals surface area contributed by atoms with Gasteiger partial charge in [0, 0.05) is 52.7 Å². The average Bonchev–Trinajstić information content (AvgIpc) is 3.49. The second-order valence-corrected chi connectivity index (χ2v) is 10.5. The second kappa shape index (κ2) is 12.6. The predicted molar refractivity (Wildman–Crippen MR) is 154 cm³/mol. The molecule has 1 aliphatic rings. The van der Waals surface area contributed by atoms with Crippen molar-refractivity contribution in [2.24, 2.45) is 0 Å². The van der Waals surface area contributed by atoms with E-state index in [1.165, 1.54) is 0 Å². The van der Waals surface area contributed by atoms with Gasteiger partial charge in [0.25, 0.3) is 5.91 Å². The van der Waals surface area contributed by atoms with Gasteiger partial charge in [-0.3, -0.25) is 9.59 Å². The highest BCUT2D eigenvalue weighted by molar-refractivity contribution is 7.98. The number of thioether (sulfide) groups is 1. The number of hydrogen-bond donors (Lipinski definition) is 1. The number of imidazole rings is 1. The van der Waals surface area contributed by atoms with Gasteiger partial charge in [-0.2, -0.15) is 0 Å². The Balaban J connectivity index is 1.45. The van der Waals surface area contributed by atoms with E-state index in [1.54, 1.807) is 36.4 Å². The van der Waals surface area contributed by atoms with E-state index < -0.39 is 0 Å². The quantitative estimate of drug-likeness (QED) is 0.176. The third-order valence-electron chi connectivity index (χ3n) is 6.78. The van der Waals surface area contributed by atoms with E-state index in [-0.39, 0.29) is 17.8 Å². The van der Waals surface area contributed by atoms with Gasteiger partial charge in [0.2, 0.25) is 0 Å². The number of ketones is 1. The van der Waals surface area contributed by atoms with Crippen LogP contribution in [0.2, 0.25) is 0 Å². The molecular formula is C32H31N3O3S. The lowest BCUT2D eigenvalue weighted by molar-refractivity contribution is 0.0954. The standard InChI is InChI=1S/C32H31N3O3S/c1-2-16-34-32(37)24-10-6-11-25(19-24)39-21-28-26-12-7-13-29(36)27(26)14-15-30(28)38-31(20-35-18-17-33-22-35)23-8-4-3-5-9-23/h2-6,8-11,14-15,17-19,22,31H,1,7,12-13,16,20-21H2,(H,34,37). The zero-order chi connectivity index (χ0) is 27.0. The number of benzene rings is 3. The summed E-state index contributed by atoms with van der Waals surface area (Å²) in [5, 5.41) is 2.83. The molecule has 1 atom stereocenters. The summed E-state index contributed by atoms with van der Waals surface area (Å²) in [5.41, 5.74) is 4.58. The van der Waals surface area contributed by atoms with Crippen molar-refractivity contribution < 1.29 is 14.3 Å². The zero-order valence-electron chi connectivity index (χ0n) is 21.7. The number of hydrogen-bond acceptors (Lipinski definition) is 5. The van der Waals surface area contributed by atoms with Crippen molar-refractivity contribution >= 4 is 23.5 Å². The van der Waals surface area contributed by atoms with E-state index in [0.717, 1.165) is 45.7 Å². The molecule has 3 aromatic carbocycles. The van der Waals surface area contributed by atoms with Crippen LogP contribution in [-0.2, 0) is 18.7 Å². The zero-order valence-corrected chi connectivity index (χ0v) is 22.5. The first-order valence-electron chi connectivity index (χ1n) is 13.1. The normalized spacial score (nSPS) is 13.4. The smallest absolute Gasteiger partial charge is 0.251 e. The van der Waals surface area contributed by atoms with E-state index in [0.29, 0.717) is 30.8 Å². The maximum Gasteiger partial charge on any atom is 0.251 e. The molecule has 0 saturated carbocycles. The van der Waals surface area contributed by atoms with Crippen molar-refractivity contribution in [1.82, 2.24) is 14.9 Å². The Bertz CT molecular complexity index is 1450. The molecule has 1 unspecified atom stereocenters. The van der Waals surface area contributed by atoms with Gasteiger partial charge in [0.1, 0.15) is 11.9 Å². The topological polar surface area (TPSA) is 73.2 Å². The summed E-state index contributed by atoms with van der Waals surface area (Å²) in [6.07, 6.45) is 9.17. The number of fused-ring (bicyclic) bond motifs is 1. The lowest BCUT2D eigenvalue weighted by atomic mass is 9.87. The first-order valence-corrected chi connectivity index (χ1v) is 14.1. The van der Waals surface area contributed by atoms with Crippen molar-refractivity contribution in [2.75, 3.05) is 6.54 Å². The molecule has 39 heavy (non-hydrogen) atoms. The number of nitrogens with one attached hydrogen (secondary N) is 1. The van der Waals surface area contributed by atoms with Crippen molar-refractivity contribution in [3.8, 4) is 5.75 Å². The van der Waals surface area contributed by atoms with Crippen molar-refractivity contribution in [2.45, 2.75) is 42.6 Å². The van der Waals surface area contributed by atoms with Gasteiger partial charge in [0.05, 0.1) is 12.9 Å². The third-order valence-corrected chi connectivity index (χ3v) is 7.80. The average molecular weight is 538 g/mol. The molecule has 1 aromatic heterocycles. The summed E-state index contributed by atoms with van der Waals surface area (Å²) in [4.78, 5) is 30.4. The molecule has 0 bridgehead atoms. The van der Waals surface area contributed by atoms with Crippen LogP contribution in [0, 0.1) is 0 Å². The van der Waals surface area contributed by atoms with Crippen LogP contribution in [0.15, 0.2) is 103 Å². The van der Waals surface area contributed by atoms with Crippen LogP contribution >= 0.6 is 11.8 Å². The van der Waals surface area contributed by atoms with Gasteiger partial charge in [-0.05, 0) is 54.3 Å². The number of Topliss-reactive ketones (excluding diaryl/α,β-unsaturated/α-hetero) is 1. The Morgan fingerprint density at radius 3 is 2.79 bits per heavy atom. The second-order valence-electron chi connectivity index (χ2n) is 9.44. The Morgan fingerprint density at radius 1 is 1.13 bits per heavy atom. The molecule has 1 N–H and O–H groups in total. The summed E-state index contributed by atoms with van der Waals surface area (Å²) in [5.74, 6) is 1.46. The van der Waals surface area contributed by atoms with E-state index >= 15 is 0 Å². The molecule has 0 spiro atoms. The minimum absolute atomic E-state index is 0.130. The van der Waals surface area contributed by atoms with Crippen molar-refractivity contribution in [3.63, 3.8) is 0 Å². The van der Waals surface area contributed by atoms with Crippen LogP contribution in [0.1, 0.15) is 56.4 Å². The highest BCUT2D eigenvalue weighted by Gasteiger charge is 2.25. The molecule has 0 aliphatic heterocycles. The fraction of sp³-hybridized carbons (Fsp3) is 0.219. The Morgan fingerprint density at radius 2 is 2.00 bits per heavy atom. The molecule has 1 heterocycles.